The minimum atomic E-state index is 0.836. The van der Waals surface area contributed by atoms with Crippen molar-refractivity contribution in [1.29, 1.82) is 0 Å². The Bertz CT molecular complexity index is 557. The molecule has 1 aromatic carbocycles. The van der Waals surface area contributed by atoms with Crippen molar-refractivity contribution in [3.05, 3.63) is 35.9 Å². The second kappa shape index (κ2) is 7.04. The van der Waals surface area contributed by atoms with E-state index in [4.69, 9.17) is 0 Å². The van der Waals surface area contributed by atoms with E-state index in [1.54, 1.807) is 0 Å². The summed E-state index contributed by atoms with van der Waals surface area (Å²) in [6.07, 6.45) is 11.9. The highest BCUT2D eigenvalue weighted by Gasteiger charge is 2.51. The lowest BCUT2D eigenvalue weighted by atomic mass is 9.64. The van der Waals surface area contributed by atoms with Crippen LogP contribution in [0.5, 0.6) is 0 Å². The van der Waals surface area contributed by atoms with Crippen molar-refractivity contribution in [2.75, 3.05) is 19.6 Å². The average Bonchev–Trinajstić information content (AvgIpc) is 2.70. The van der Waals surface area contributed by atoms with Crippen LogP contribution in [-0.2, 0) is 6.54 Å². The van der Waals surface area contributed by atoms with Crippen LogP contribution in [0.15, 0.2) is 30.3 Å². The molecule has 0 amide bonds. The molecule has 4 saturated heterocycles. The lowest BCUT2D eigenvalue weighted by molar-refractivity contribution is -0.111. The molecule has 5 aliphatic rings. The number of fused-ring (bicyclic) bond motifs is 2. The smallest absolute Gasteiger partial charge is 0.0287 e. The summed E-state index contributed by atoms with van der Waals surface area (Å²) in [5.41, 5.74) is 1.51. The van der Waals surface area contributed by atoms with E-state index in [-0.39, 0.29) is 0 Å². The predicted molar refractivity (Wildman–Crippen MR) is 103 cm³/mol. The number of rotatable bonds is 3. The van der Waals surface area contributed by atoms with Gasteiger partial charge in [0.25, 0.3) is 0 Å². The van der Waals surface area contributed by atoms with Crippen molar-refractivity contribution < 1.29 is 0 Å². The monoisotopic (exact) mass is 338 g/mol. The molecule has 0 unspecified atom stereocenters. The zero-order chi connectivity index (χ0) is 16.6. The van der Waals surface area contributed by atoms with Gasteiger partial charge in [0.05, 0.1) is 0 Å². The second-order valence-corrected chi connectivity index (χ2v) is 9.16. The first-order valence-corrected chi connectivity index (χ1v) is 10.9. The summed E-state index contributed by atoms with van der Waals surface area (Å²) in [4.78, 5) is 5.80. The number of likely N-dealkylation sites (tertiary alicyclic amines) is 1. The van der Waals surface area contributed by atoms with Gasteiger partial charge < -0.3 is 0 Å². The zero-order valence-corrected chi connectivity index (χ0v) is 15.7. The van der Waals surface area contributed by atoms with Crippen LogP contribution in [0.3, 0.4) is 0 Å². The highest BCUT2D eigenvalue weighted by Crippen LogP contribution is 2.47. The zero-order valence-electron chi connectivity index (χ0n) is 15.7. The van der Waals surface area contributed by atoms with E-state index in [0.717, 1.165) is 29.8 Å². The van der Waals surface area contributed by atoms with Crippen LogP contribution in [0.25, 0.3) is 0 Å². The summed E-state index contributed by atoms with van der Waals surface area (Å²) in [5, 5.41) is 0. The maximum Gasteiger partial charge on any atom is 0.0287 e. The third-order valence-electron chi connectivity index (χ3n) is 7.92. The topological polar surface area (TPSA) is 6.48 Å². The van der Waals surface area contributed by atoms with Crippen LogP contribution in [0, 0.1) is 17.8 Å². The van der Waals surface area contributed by atoms with Crippen LogP contribution in [0.4, 0.5) is 0 Å². The largest absolute Gasteiger partial charge is 0.299 e. The van der Waals surface area contributed by atoms with E-state index >= 15 is 0 Å². The molecule has 4 aliphatic heterocycles. The quantitative estimate of drug-likeness (QED) is 0.797. The molecule has 2 nitrogen and oxygen atoms in total. The Labute approximate surface area is 153 Å². The molecule has 1 saturated carbocycles. The molecule has 1 aliphatic carbocycles. The van der Waals surface area contributed by atoms with Gasteiger partial charge in [-0.05, 0) is 62.2 Å². The third-order valence-corrected chi connectivity index (χ3v) is 7.92. The Morgan fingerprint density at radius 1 is 0.720 bits per heavy atom. The number of nitrogens with zero attached hydrogens (tertiary/aromatic N) is 2. The minimum Gasteiger partial charge on any atom is -0.299 e. The third kappa shape index (κ3) is 3.06. The summed E-state index contributed by atoms with van der Waals surface area (Å²) >= 11 is 0. The van der Waals surface area contributed by atoms with E-state index in [1.165, 1.54) is 83.1 Å². The van der Waals surface area contributed by atoms with Gasteiger partial charge in [-0.25, -0.2) is 0 Å². The van der Waals surface area contributed by atoms with Gasteiger partial charge in [-0.3, -0.25) is 9.80 Å². The van der Waals surface area contributed by atoms with Crippen LogP contribution >= 0.6 is 0 Å². The van der Waals surface area contributed by atoms with Gasteiger partial charge in [-0.15, -0.1) is 0 Å². The second-order valence-electron chi connectivity index (χ2n) is 9.16. The molecule has 6 rings (SSSR count). The number of hydrogen-bond acceptors (Lipinski definition) is 2. The molecule has 2 bridgehead atoms. The lowest BCUT2D eigenvalue weighted by Crippen LogP contribution is -2.69. The minimum absolute atomic E-state index is 0.836. The van der Waals surface area contributed by atoms with E-state index in [0.29, 0.717) is 0 Å². The lowest BCUT2D eigenvalue weighted by Gasteiger charge is -2.61. The van der Waals surface area contributed by atoms with Gasteiger partial charge in [0.15, 0.2) is 0 Å². The SMILES string of the molecule is c1ccc(CN2CC[C@H](C3CCCCC3)[C@H]3[C@@H]2C2CCN3CC2)cc1. The fourth-order valence-corrected chi connectivity index (χ4v) is 6.81. The molecule has 25 heavy (non-hydrogen) atoms. The normalized spacial score (nSPS) is 39.3. The van der Waals surface area contributed by atoms with Crippen LogP contribution in [0.2, 0.25) is 0 Å². The van der Waals surface area contributed by atoms with E-state index < -0.39 is 0 Å². The van der Waals surface area contributed by atoms with Crippen molar-refractivity contribution in [3.63, 3.8) is 0 Å². The summed E-state index contributed by atoms with van der Waals surface area (Å²) < 4.78 is 0. The van der Waals surface area contributed by atoms with Gasteiger partial charge in [-0.1, -0.05) is 62.4 Å². The molecule has 0 radical (unpaired) electrons. The first kappa shape index (κ1) is 16.3. The van der Waals surface area contributed by atoms with Gasteiger partial charge >= 0.3 is 0 Å². The van der Waals surface area contributed by atoms with Crippen molar-refractivity contribution in [2.45, 2.75) is 70.0 Å². The van der Waals surface area contributed by atoms with E-state index in [9.17, 15) is 0 Å². The number of benzene rings is 1. The van der Waals surface area contributed by atoms with Gasteiger partial charge in [0.1, 0.15) is 0 Å². The van der Waals surface area contributed by atoms with Gasteiger partial charge in [0, 0.05) is 18.6 Å². The molecule has 5 fully saturated rings. The molecule has 1 aromatic rings. The summed E-state index contributed by atoms with van der Waals surface area (Å²) in [5.74, 6) is 2.98. The van der Waals surface area contributed by atoms with Crippen LogP contribution in [-0.4, -0.2) is 41.5 Å². The molecule has 4 heterocycles. The Hall–Kier alpha value is -0.860. The molecule has 0 aromatic heterocycles. The van der Waals surface area contributed by atoms with E-state index in [1.807, 2.05) is 0 Å². The van der Waals surface area contributed by atoms with Gasteiger partial charge in [-0.2, -0.15) is 0 Å². The molecule has 136 valence electrons. The van der Waals surface area contributed by atoms with Crippen molar-refractivity contribution in [1.82, 2.24) is 9.80 Å². The molecular weight excluding hydrogens is 304 g/mol. The Balaban J connectivity index is 1.39. The average molecular weight is 339 g/mol. The Morgan fingerprint density at radius 3 is 2.24 bits per heavy atom. The molecule has 3 atom stereocenters. The van der Waals surface area contributed by atoms with Crippen molar-refractivity contribution >= 4 is 0 Å². The highest BCUT2D eigenvalue weighted by atomic mass is 15.3. The highest BCUT2D eigenvalue weighted by molar-refractivity contribution is 5.16. The number of piperidine rings is 4. The summed E-state index contributed by atoms with van der Waals surface area (Å²) in [6, 6.07) is 12.9. The van der Waals surface area contributed by atoms with Crippen LogP contribution in [0.1, 0.15) is 56.9 Å². The first-order chi connectivity index (χ1) is 12.4. The molecular formula is C23H34N2. The van der Waals surface area contributed by atoms with Crippen LogP contribution < -0.4 is 0 Å². The Kier molecular flexibility index (Phi) is 4.60. The maximum atomic E-state index is 2.92. The molecule has 2 heteroatoms. The van der Waals surface area contributed by atoms with E-state index in [2.05, 4.69) is 40.1 Å². The van der Waals surface area contributed by atoms with Gasteiger partial charge in [0.2, 0.25) is 0 Å². The molecule has 0 spiro atoms. The standard InChI is InChI=1S/C23H34N2/c1-3-7-18(8-4-1)17-25-16-13-21(19-9-5-2-6-10-19)23-22(25)20-11-14-24(23)15-12-20/h1,3-4,7-8,19-23H,2,5-6,9-17H2/t21-,22+,23+/m1/s1. The molecule has 0 N–H and O–H groups in total. The van der Waals surface area contributed by atoms with Crippen molar-refractivity contribution in [2.24, 2.45) is 17.8 Å². The summed E-state index contributed by atoms with van der Waals surface area (Å²) in [6.45, 7) is 5.27. The maximum absolute atomic E-state index is 2.92. The fourth-order valence-electron chi connectivity index (χ4n) is 6.81. The number of hydrogen-bond donors (Lipinski definition) is 0. The predicted octanol–water partition coefficient (Wildman–Crippen LogP) is 4.55. The Morgan fingerprint density at radius 2 is 1.48 bits per heavy atom. The van der Waals surface area contributed by atoms with Crippen molar-refractivity contribution in [3.8, 4) is 0 Å². The summed E-state index contributed by atoms with van der Waals surface area (Å²) in [7, 11) is 0. The fraction of sp³-hybridized carbons (Fsp3) is 0.739. The first-order valence-electron chi connectivity index (χ1n) is 10.9.